The van der Waals surface area contributed by atoms with Gasteiger partial charge in [-0.1, -0.05) is 75.4 Å². The third-order valence-electron chi connectivity index (χ3n) is 5.94. The zero-order valence-electron chi connectivity index (χ0n) is 16.1. The Morgan fingerprint density at radius 2 is 1.58 bits per heavy atom. The van der Waals surface area contributed by atoms with Crippen LogP contribution in [0.2, 0.25) is 0 Å². The molecule has 1 aliphatic heterocycles. The molecule has 2 aliphatic rings. The first kappa shape index (κ1) is 17.4. The van der Waals surface area contributed by atoms with Crippen LogP contribution in [-0.2, 0) is 10.3 Å². The van der Waals surface area contributed by atoms with Crippen LogP contribution < -0.4 is 5.48 Å². The van der Waals surface area contributed by atoms with Gasteiger partial charge in [0.1, 0.15) is 5.60 Å². The van der Waals surface area contributed by atoms with Crippen LogP contribution in [0.4, 0.5) is 0 Å². The molecule has 4 rings (SSSR count). The Bertz CT molecular complexity index is 775. The van der Waals surface area contributed by atoms with Gasteiger partial charge in [0, 0.05) is 0 Å². The highest BCUT2D eigenvalue weighted by Gasteiger charge is 2.39. The zero-order chi connectivity index (χ0) is 18.2. The number of benzene rings is 2. The first-order valence-corrected chi connectivity index (χ1v) is 9.78. The summed E-state index contributed by atoms with van der Waals surface area (Å²) >= 11 is 0. The largest absolute Gasteiger partial charge is 0.266 e. The number of hydrogen-bond acceptors (Lipinski definition) is 2. The maximum Gasteiger partial charge on any atom is 0.116 e. The van der Waals surface area contributed by atoms with Crippen molar-refractivity contribution in [3.63, 3.8) is 0 Å². The fourth-order valence-corrected chi connectivity index (χ4v) is 4.18. The number of hydrogen-bond donors (Lipinski definition) is 1. The highest BCUT2D eigenvalue weighted by molar-refractivity contribution is 5.66. The van der Waals surface area contributed by atoms with E-state index < -0.39 is 0 Å². The van der Waals surface area contributed by atoms with Crippen molar-refractivity contribution in [2.45, 2.75) is 63.4 Å². The van der Waals surface area contributed by atoms with Crippen LogP contribution in [0.5, 0.6) is 0 Å². The average Bonchev–Trinajstić information content (AvgIpc) is 3.06. The van der Waals surface area contributed by atoms with Gasteiger partial charge in [-0.3, -0.25) is 10.3 Å². The summed E-state index contributed by atoms with van der Waals surface area (Å²) in [7, 11) is 0. The molecular weight excluding hydrogens is 318 g/mol. The van der Waals surface area contributed by atoms with E-state index >= 15 is 0 Å². The molecule has 1 fully saturated rings. The van der Waals surface area contributed by atoms with E-state index in [9.17, 15) is 0 Å². The first-order valence-electron chi connectivity index (χ1n) is 9.78. The van der Waals surface area contributed by atoms with Crippen LogP contribution in [0, 0.1) is 0 Å². The Balaban J connectivity index is 1.46. The summed E-state index contributed by atoms with van der Waals surface area (Å²) in [6, 6.07) is 19.8. The smallest absolute Gasteiger partial charge is 0.116 e. The summed E-state index contributed by atoms with van der Waals surface area (Å²) in [5, 5.41) is 0. The summed E-state index contributed by atoms with van der Waals surface area (Å²) in [5.41, 5.74) is 8.41. The van der Waals surface area contributed by atoms with Crippen molar-refractivity contribution < 1.29 is 4.84 Å². The average molecular weight is 348 g/mol. The van der Waals surface area contributed by atoms with E-state index in [1.54, 1.807) is 0 Å². The van der Waals surface area contributed by atoms with E-state index in [0.29, 0.717) is 5.92 Å². The molecule has 0 aromatic heterocycles. The second-order valence-corrected chi connectivity index (χ2v) is 8.84. The summed E-state index contributed by atoms with van der Waals surface area (Å²) in [6.45, 7) is 6.75. The van der Waals surface area contributed by atoms with E-state index in [0.717, 1.165) is 18.5 Å². The molecule has 0 radical (unpaired) electrons. The molecule has 0 bridgehead atoms. The molecule has 136 valence electrons. The third-order valence-corrected chi connectivity index (χ3v) is 5.94. The predicted molar refractivity (Wildman–Crippen MR) is 108 cm³/mol. The third kappa shape index (κ3) is 3.43. The molecule has 1 spiro atoms. The van der Waals surface area contributed by atoms with Gasteiger partial charge in [-0.2, -0.15) is 0 Å². The molecule has 1 N–H and O–H groups in total. The molecule has 0 unspecified atom stereocenters. The molecule has 0 atom stereocenters. The lowest BCUT2D eigenvalue weighted by Gasteiger charge is -2.34. The molecule has 1 saturated carbocycles. The van der Waals surface area contributed by atoms with Crippen molar-refractivity contribution in [1.82, 2.24) is 5.48 Å². The quantitative estimate of drug-likeness (QED) is 0.724. The van der Waals surface area contributed by atoms with Crippen molar-refractivity contribution in [3.8, 4) is 0 Å². The second kappa shape index (κ2) is 6.59. The molecule has 0 saturated heterocycles. The monoisotopic (exact) mass is 347 g/mol. The van der Waals surface area contributed by atoms with Gasteiger partial charge in [0.15, 0.2) is 0 Å². The summed E-state index contributed by atoms with van der Waals surface area (Å²) in [5.74, 6) is 0.661. The highest BCUT2D eigenvalue weighted by Crippen LogP contribution is 2.43. The van der Waals surface area contributed by atoms with Crippen molar-refractivity contribution in [2.75, 3.05) is 0 Å². The van der Waals surface area contributed by atoms with Crippen molar-refractivity contribution in [2.24, 2.45) is 0 Å². The Hall–Kier alpha value is -2.06. The van der Waals surface area contributed by atoms with Gasteiger partial charge in [-0.25, -0.2) is 0 Å². The lowest BCUT2D eigenvalue weighted by atomic mass is 9.76. The van der Waals surface area contributed by atoms with Gasteiger partial charge >= 0.3 is 0 Å². The molecule has 1 heterocycles. The number of rotatable bonds is 2. The normalized spacial score (nSPS) is 25.8. The van der Waals surface area contributed by atoms with E-state index in [1.807, 2.05) is 0 Å². The van der Waals surface area contributed by atoms with Gasteiger partial charge in [0.25, 0.3) is 0 Å². The Morgan fingerprint density at radius 3 is 2.19 bits per heavy atom. The fourth-order valence-electron chi connectivity index (χ4n) is 4.18. The van der Waals surface area contributed by atoms with Gasteiger partial charge in [0.2, 0.25) is 0 Å². The molecule has 26 heavy (non-hydrogen) atoms. The van der Waals surface area contributed by atoms with Crippen LogP contribution in [0.3, 0.4) is 0 Å². The lowest BCUT2D eigenvalue weighted by Crippen LogP contribution is -2.34. The van der Waals surface area contributed by atoms with Gasteiger partial charge in [-0.05, 0) is 59.8 Å². The molecule has 2 heteroatoms. The van der Waals surface area contributed by atoms with Crippen LogP contribution in [0.25, 0.3) is 5.70 Å². The van der Waals surface area contributed by atoms with E-state index in [2.05, 4.69) is 86.9 Å². The summed E-state index contributed by atoms with van der Waals surface area (Å²) < 4.78 is 0. The highest BCUT2D eigenvalue weighted by atomic mass is 16.7. The van der Waals surface area contributed by atoms with Gasteiger partial charge in [-0.15, -0.1) is 0 Å². The van der Waals surface area contributed by atoms with Crippen LogP contribution in [0.1, 0.15) is 69.1 Å². The van der Waals surface area contributed by atoms with Crippen LogP contribution in [0.15, 0.2) is 60.7 Å². The van der Waals surface area contributed by atoms with Crippen molar-refractivity contribution in [1.29, 1.82) is 0 Å². The Morgan fingerprint density at radius 1 is 0.923 bits per heavy atom. The van der Waals surface area contributed by atoms with Crippen LogP contribution in [-0.4, -0.2) is 5.60 Å². The maximum absolute atomic E-state index is 6.09. The Kier molecular flexibility index (Phi) is 4.40. The molecule has 1 aliphatic carbocycles. The van der Waals surface area contributed by atoms with E-state index in [-0.39, 0.29) is 11.0 Å². The molecule has 2 aromatic rings. The number of nitrogens with one attached hydrogen (secondary N) is 1. The van der Waals surface area contributed by atoms with Crippen LogP contribution >= 0.6 is 0 Å². The van der Waals surface area contributed by atoms with Gasteiger partial charge in [0.05, 0.1) is 5.70 Å². The minimum Gasteiger partial charge on any atom is -0.266 e. The van der Waals surface area contributed by atoms with E-state index in [4.69, 9.17) is 4.84 Å². The topological polar surface area (TPSA) is 21.3 Å². The minimum atomic E-state index is -0.136. The van der Waals surface area contributed by atoms with Crippen molar-refractivity contribution in [3.05, 3.63) is 77.4 Å². The lowest BCUT2D eigenvalue weighted by molar-refractivity contribution is -0.0585. The molecular formula is C24H29NO. The molecule has 0 amide bonds. The van der Waals surface area contributed by atoms with Gasteiger partial charge < -0.3 is 0 Å². The van der Waals surface area contributed by atoms with E-state index in [1.165, 1.54) is 29.5 Å². The zero-order valence-corrected chi connectivity index (χ0v) is 16.1. The predicted octanol–water partition coefficient (Wildman–Crippen LogP) is 5.96. The standard InChI is InChI=1S/C24H29NO/c1-23(2,3)21-11-9-20(10-12-21)22-17-24(26-25-22)15-13-19(14-16-24)18-7-5-4-6-8-18/h4-12,17,19,25H,13-16H2,1-3H3. The molecule has 2 aromatic carbocycles. The molecule has 2 nitrogen and oxygen atoms in total. The fraction of sp³-hybridized carbons (Fsp3) is 0.417. The maximum atomic E-state index is 6.09. The van der Waals surface area contributed by atoms with Crippen molar-refractivity contribution >= 4 is 5.70 Å². The summed E-state index contributed by atoms with van der Waals surface area (Å²) in [6.07, 6.45) is 6.82. The second-order valence-electron chi connectivity index (χ2n) is 8.84. The SMILES string of the molecule is CC(C)(C)c1ccc(C2=CC3(CCC(c4ccccc4)CC3)ON2)cc1. The number of hydroxylamine groups is 1. The minimum absolute atomic E-state index is 0.136. The summed E-state index contributed by atoms with van der Waals surface area (Å²) in [4.78, 5) is 6.09. The Labute approximate surface area is 157 Å². The first-order chi connectivity index (χ1) is 12.5.